The van der Waals surface area contributed by atoms with Gasteiger partial charge in [-0.05, 0) is 36.6 Å². The number of halogens is 1. The molecule has 0 atom stereocenters. The predicted octanol–water partition coefficient (Wildman–Crippen LogP) is 3.75. The fraction of sp³-hybridized carbons (Fsp3) is 0.294. The lowest BCUT2D eigenvalue weighted by atomic mass is 10.2. The minimum atomic E-state index is -0.467. The van der Waals surface area contributed by atoms with Crippen LogP contribution >= 0.6 is 22.9 Å². The van der Waals surface area contributed by atoms with E-state index in [-0.39, 0.29) is 12.5 Å². The average molecular weight is 352 g/mol. The van der Waals surface area contributed by atoms with Crippen molar-refractivity contribution in [2.75, 3.05) is 6.61 Å². The van der Waals surface area contributed by atoms with E-state index in [9.17, 15) is 9.59 Å². The molecule has 0 radical (unpaired) electrons. The summed E-state index contributed by atoms with van der Waals surface area (Å²) in [4.78, 5) is 25.3. The van der Waals surface area contributed by atoms with Gasteiger partial charge in [0.2, 0.25) is 0 Å². The number of amides is 1. The number of hydrogen-bond acceptors (Lipinski definition) is 4. The lowest BCUT2D eigenvalue weighted by Gasteiger charge is -2.07. The van der Waals surface area contributed by atoms with Crippen molar-refractivity contribution in [3.63, 3.8) is 0 Å². The number of thiophene rings is 1. The smallest absolute Gasteiger partial charge is 0.348 e. The minimum absolute atomic E-state index is 0.300. The summed E-state index contributed by atoms with van der Waals surface area (Å²) in [5, 5.41) is 3.27. The number of carbonyl (C=O) groups is 2. The van der Waals surface area contributed by atoms with E-state index in [1.165, 1.54) is 11.3 Å². The van der Waals surface area contributed by atoms with Crippen molar-refractivity contribution in [1.29, 1.82) is 0 Å². The maximum atomic E-state index is 11.9. The van der Waals surface area contributed by atoms with Crippen LogP contribution in [0, 0.1) is 6.92 Å². The Morgan fingerprint density at radius 2 is 2.00 bits per heavy atom. The summed E-state index contributed by atoms with van der Waals surface area (Å²) in [7, 11) is 0. The van der Waals surface area contributed by atoms with Crippen molar-refractivity contribution < 1.29 is 14.3 Å². The van der Waals surface area contributed by atoms with Gasteiger partial charge >= 0.3 is 5.97 Å². The molecule has 4 nitrogen and oxygen atoms in total. The molecule has 0 aliphatic rings. The van der Waals surface area contributed by atoms with E-state index in [0.29, 0.717) is 16.4 Å². The average Bonchev–Trinajstić information content (AvgIpc) is 2.93. The van der Waals surface area contributed by atoms with Crippen LogP contribution in [0.25, 0.3) is 0 Å². The van der Waals surface area contributed by atoms with Gasteiger partial charge in [-0.2, -0.15) is 0 Å². The number of ether oxygens (including phenoxy) is 1. The number of aryl methyl sites for hydroxylation is 2. The molecule has 0 fully saturated rings. The lowest BCUT2D eigenvalue weighted by molar-refractivity contribution is -0.124. The number of hydrogen-bond donors (Lipinski definition) is 1. The van der Waals surface area contributed by atoms with Gasteiger partial charge in [0.1, 0.15) is 4.88 Å². The zero-order valence-corrected chi connectivity index (χ0v) is 14.6. The Morgan fingerprint density at radius 3 is 2.65 bits per heavy atom. The van der Waals surface area contributed by atoms with Gasteiger partial charge in [-0.3, -0.25) is 4.79 Å². The molecule has 0 bridgehead atoms. The normalized spacial score (nSPS) is 10.4. The Morgan fingerprint density at radius 1 is 1.26 bits per heavy atom. The first-order valence-corrected chi connectivity index (χ1v) is 8.47. The Labute approximate surface area is 144 Å². The quantitative estimate of drug-likeness (QED) is 0.806. The highest BCUT2D eigenvalue weighted by atomic mass is 35.5. The van der Waals surface area contributed by atoms with Crippen LogP contribution in [0.4, 0.5) is 0 Å². The molecular weight excluding hydrogens is 334 g/mol. The van der Waals surface area contributed by atoms with Gasteiger partial charge < -0.3 is 10.1 Å². The third-order valence-electron chi connectivity index (χ3n) is 3.37. The van der Waals surface area contributed by atoms with Crippen LogP contribution in [0.1, 0.15) is 32.6 Å². The molecule has 1 N–H and O–H groups in total. The summed E-state index contributed by atoms with van der Waals surface area (Å²) in [5.41, 5.74) is 1.94. The molecule has 0 unspecified atom stereocenters. The number of rotatable bonds is 6. The second-order valence-corrected chi connectivity index (χ2v) is 6.65. The molecule has 0 saturated carbocycles. The van der Waals surface area contributed by atoms with Gasteiger partial charge in [0, 0.05) is 16.4 Å². The van der Waals surface area contributed by atoms with Crippen LogP contribution in [-0.4, -0.2) is 18.5 Å². The Balaban J connectivity index is 1.82. The monoisotopic (exact) mass is 351 g/mol. The molecular formula is C17H18ClNO3S. The molecule has 23 heavy (non-hydrogen) atoms. The van der Waals surface area contributed by atoms with Gasteiger partial charge in [-0.25, -0.2) is 4.79 Å². The molecule has 1 aromatic heterocycles. The van der Waals surface area contributed by atoms with Gasteiger partial charge in [0.15, 0.2) is 6.61 Å². The maximum Gasteiger partial charge on any atom is 0.348 e. The second-order valence-electron chi connectivity index (χ2n) is 4.99. The molecule has 0 aliphatic carbocycles. The van der Waals surface area contributed by atoms with Crippen LogP contribution in [0.2, 0.25) is 5.02 Å². The summed E-state index contributed by atoms with van der Waals surface area (Å²) >= 11 is 7.40. The molecule has 0 spiro atoms. The summed E-state index contributed by atoms with van der Waals surface area (Å²) < 4.78 is 5.05. The van der Waals surface area contributed by atoms with Crippen LogP contribution in [0.3, 0.4) is 0 Å². The zero-order valence-electron chi connectivity index (χ0n) is 13.0. The molecule has 6 heteroatoms. The summed E-state index contributed by atoms with van der Waals surface area (Å²) in [6.07, 6.45) is 0.869. The third-order valence-corrected chi connectivity index (χ3v) is 4.81. The highest BCUT2D eigenvalue weighted by molar-refractivity contribution is 7.14. The van der Waals surface area contributed by atoms with E-state index in [0.717, 1.165) is 22.4 Å². The number of esters is 1. The number of benzene rings is 1. The maximum absolute atomic E-state index is 11.9. The fourth-order valence-electron chi connectivity index (χ4n) is 2.06. The fourth-order valence-corrected chi connectivity index (χ4v) is 3.27. The van der Waals surface area contributed by atoms with E-state index in [2.05, 4.69) is 5.32 Å². The topological polar surface area (TPSA) is 55.4 Å². The molecule has 2 aromatic rings. The largest absolute Gasteiger partial charge is 0.451 e. The van der Waals surface area contributed by atoms with Crippen LogP contribution in [-0.2, 0) is 22.5 Å². The highest BCUT2D eigenvalue weighted by Gasteiger charge is 2.14. The van der Waals surface area contributed by atoms with Crippen molar-refractivity contribution in [2.24, 2.45) is 0 Å². The van der Waals surface area contributed by atoms with Crippen molar-refractivity contribution in [3.05, 3.63) is 56.2 Å². The molecule has 1 amide bonds. The van der Waals surface area contributed by atoms with Crippen molar-refractivity contribution in [1.82, 2.24) is 5.32 Å². The summed E-state index contributed by atoms with van der Waals surface area (Å²) in [6, 6.07) is 9.08. The van der Waals surface area contributed by atoms with E-state index in [1.807, 2.05) is 38.1 Å². The van der Waals surface area contributed by atoms with Crippen LogP contribution in [0.15, 0.2) is 30.3 Å². The van der Waals surface area contributed by atoms with Crippen molar-refractivity contribution >= 4 is 34.8 Å². The molecule has 122 valence electrons. The first-order valence-electron chi connectivity index (χ1n) is 7.27. The molecule has 0 saturated heterocycles. The standard InChI is InChI=1S/C17H18ClNO3S/c1-3-12-8-15(23-11(12)2)17(21)22-10-16(20)19-9-13-6-4-5-7-14(13)18/h4-8H,3,9-10H2,1-2H3,(H,19,20). The van der Waals surface area contributed by atoms with Crippen molar-refractivity contribution in [3.8, 4) is 0 Å². The summed E-state index contributed by atoms with van der Waals surface area (Å²) in [6.45, 7) is 4.00. The predicted molar refractivity (Wildman–Crippen MR) is 92.0 cm³/mol. The molecule has 1 aromatic carbocycles. The second kappa shape index (κ2) is 8.13. The van der Waals surface area contributed by atoms with Gasteiger partial charge in [-0.1, -0.05) is 36.7 Å². The van der Waals surface area contributed by atoms with E-state index < -0.39 is 5.97 Å². The minimum Gasteiger partial charge on any atom is -0.451 e. The Bertz CT molecular complexity index is 712. The first-order chi connectivity index (χ1) is 11.0. The SMILES string of the molecule is CCc1cc(C(=O)OCC(=O)NCc2ccccc2Cl)sc1C. The molecule has 1 heterocycles. The first kappa shape index (κ1) is 17.5. The Kier molecular flexibility index (Phi) is 6.19. The van der Waals surface area contributed by atoms with Gasteiger partial charge in [0.05, 0.1) is 0 Å². The van der Waals surface area contributed by atoms with Crippen LogP contribution in [0.5, 0.6) is 0 Å². The molecule has 0 aliphatic heterocycles. The lowest BCUT2D eigenvalue weighted by Crippen LogP contribution is -2.28. The molecule has 2 rings (SSSR count). The Hall–Kier alpha value is -1.85. The van der Waals surface area contributed by atoms with Gasteiger partial charge in [-0.15, -0.1) is 11.3 Å². The van der Waals surface area contributed by atoms with Crippen molar-refractivity contribution in [2.45, 2.75) is 26.8 Å². The number of carbonyl (C=O) groups excluding carboxylic acids is 2. The van der Waals surface area contributed by atoms with E-state index in [1.54, 1.807) is 6.07 Å². The van der Waals surface area contributed by atoms with Gasteiger partial charge in [0.25, 0.3) is 5.91 Å². The van der Waals surface area contributed by atoms with E-state index in [4.69, 9.17) is 16.3 Å². The third kappa shape index (κ3) is 4.81. The zero-order chi connectivity index (χ0) is 16.8. The van der Waals surface area contributed by atoms with Crippen LogP contribution < -0.4 is 5.32 Å². The highest BCUT2D eigenvalue weighted by Crippen LogP contribution is 2.22. The summed E-state index contributed by atoms with van der Waals surface area (Å²) in [5.74, 6) is -0.826. The number of nitrogens with one attached hydrogen (secondary N) is 1. The van der Waals surface area contributed by atoms with E-state index >= 15 is 0 Å².